The Labute approximate surface area is 212 Å². The number of carbonyl (C=O) groups excluding carboxylic acids is 2. The SMILES string of the molecule is CN=C(NCc1cccc(NC(=O)N2CCCC2)c1)N1CCN(C(=O)C2CCCO2)CC1.I. The van der Waals surface area contributed by atoms with Crippen molar-refractivity contribution in [1.82, 2.24) is 20.0 Å². The predicted molar refractivity (Wildman–Crippen MR) is 139 cm³/mol. The molecule has 1 atom stereocenters. The summed E-state index contributed by atoms with van der Waals surface area (Å²) < 4.78 is 5.54. The first-order valence-corrected chi connectivity index (χ1v) is 11.6. The van der Waals surface area contributed by atoms with Gasteiger partial charge in [-0.25, -0.2) is 4.79 Å². The minimum absolute atomic E-state index is 0. The van der Waals surface area contributed by atoms with Crippen LogP contribution in [0, 0.1) is 0 Å². The number of urea groups is 1. The molecule has 182 valence electrons. The van der Waals surface area contributed by atoms with Gasteiger partial charge in [0, 0.05) is 65.2 Å². The first-order chi connectivity index (χ1) is 15.6. The van der Waals surface area contributed by atoms with Gasteiger partial charge in [-0.1, -0.05) is 12.1 Å². The summed E-state index contributed by atoms with van der Waals surface area (Å²) in [6.45, 7) is 5.79. The number of hydrogen-bond acceptors (Lipinski definition) is 4. The zero-order valence-corrected chi connectivity index (χ0v) is 21.6. The van der Waals surface area contributed by atoms with Gasteiger partial charge in [0.05, 0.1) is 0 Å². The number of likely N-dealkylation sites (tertiary alicyclic amines) is 1. The van der Waals surface area contributed by atoms with E-state index in [0.29, 0.717) is 26.2 Å². The van der Waals surface area contributed by atoms with Gasteiger partial charge < -0.3 is 30.1 Å². The van der Waals surface area contributed by atoms with Crippen molar-refractivity contribution in [3.63, 3.8) is 0 Å². The van der Waals surface area contributed by atoms with Gasteiger partial charge in [-0.2, -0.15) is 0 Å². The third-order valence-corrected chi connectivity index (χ3v) is 6.33. The van der Waals surface area contributed by atoms with Crippen molar-refractivity contribution in [2.75, 3.05) is 58.2 Å². The Balaban J connectivity index is 0.00000306. The van der Waals surface area contributed by atoms with Gasteiger partial charge in [-0.3, -0.25) is 9.79 Å². The molecular weight excluding hydrogens is 535 g/mol. The van der Waals surface area contributed by atoms with Gasteiger partial charge in [0.25, 0.3) is 5.91 Å². The van der Waals surface area contributed by atoms with Gasteiger partial charge in [0.15, 0.2) is 5.96 Å². The van der Waals surface area contributed by atoms with E-state index < -0.39 is 0 Å². The first kappa shape index (κ1) is 25.5. The molecule has 1 aromatic carbocycles. The number of benzene rings is 1. The molecule has 10 heteroatoms. The Morgan fingerprint density at radius 1 is 1.03 bits per heavy atom. The highest BCUT2D eigenvalue weighted by Gasteiger charge is 2.30. The highest BCUT2D eigenvalue weighted by atomic mass is 127. The Hall–Kier alpha value is -2.08. The lowest BCUT2D eigenvalue weighted by atomic mass is 10.2. The van der Waals surface area contributed by atoms with Crippen LogP contribution in [0.5, 0.6) is 0 Å². The summed E-state index contributed by atoms with van der Waals surface area (Å²) in [6, 6.07) is 7.86. The molecule has 0 saturated carbocycles. The molecule has 3 fully saturated rings. The van der Waals surface area contributed by atoms with E-state index in [1.165, 1.54) is 0 Å². The molecule has 1 aromatic rings. The van der Waals surface area contributed by atoms with Crippen LogP contribution in [0.25, 0.3) is 0 Å². The Kier molecular flexibility index (Phi) is 9.60. The number of nitrogens with zero attached hydrogens (tertiary/aromatic N) is 4. The Bertz CT molecular complexity index is 831. The Morgan fingerprint density at radius 2 is 1.76 bits per heavy atom. The number of nitrogens with one attached hydrogen (secondary N) is 2. The van der Waals surface area contributed by atoms with Crippen molar-refractivity contribution in [1.29, 1.82) is 0 Å². The van der Waals surface area contributed by atoms with E-state index in [9.17, 15) is 9.59 Å². The average molecular weight is 570 g/mol. The van der Waals surface area contributed by atoms with E-state index in [4.69, 9.17) is 4.74 Å². The number of rotatable bonds is 4. The molecule has 3 heterocycles. The van der Waals surface area contributed by atoms with E-state index in [1.807, 2.05) is 34.1 Å². The molecule has 0 spiro atoms. The molecule has 1 unspecified atom stereocenters. The van der Waals surface area contributed by atoms with Crippen molar-refractivity contribution in [2.45, 2.75) is 38.3 Å². The first-order valence-electron chi connectivity index (χ1n) is 11.6. The number of aliphatic imine (C=N–C) groups is 1. The van der Waals surface area contributed by atoms with Gasteiger partial charge >= 0.3 is 6.03 Å². The number of amides is 3. The van der Waals surface area contributed by atoms with Crippen LogP contribution in [-0.2, 0) is 16.1 Å². The second-order valence-electron chi connectivity index (χ2n) is 8.54. The third kappa shape index (κ3) is 6.72. The van der Waals surface area contributed by atoms with Crippen LogP contribution >= 0.6 is 24.0 Å². The molecule has 3 aliphatic rings. The summed E-state index contributed by atoms with van der Waals surface area (Å²) >= 11 is 0. The highest BCUT2D eigenvalue weighted by molar-refractivity contribution is 14.0. The van der Waals surface area contributed by atoms with E-state index in [1.54, 1.807) is 7.05 Å². The van der Waals surface area contributed by atoms with Gasteiger partial charge in [-0.15, -0.1) is 24.0 Å². The van der Waals surface area contributed by atoms with Crippen LogP contribution < -0.4 is 10.6 Å². The lowest BCUT2D eigenvalue weighted by molar-refractivity contribution is -0.142. The summed E-state index contributed by atoms with van der Waals surface area (Å²) in [5.41, 5.74) is 1.87. The Morgan fingerprint density at radius 3 is 2.42 bits per heavy atom. The topological polar surface area (TPSA) is 89.5 Å². The maximum Gasteiger partial charge on any atom is 0.321 e. The highest BCUT2D eigenvalue weighted by Crippen LogP contribution is 2.17. The van der Waals surface area contributed by atoms with Gasteiger partial charge in [0.1, 0.15) is 6.10 Å². The molecule has 3 aliphatic heterocycles. The smallest absolute Gasteiger partial charge is 0.321 e. The summed E-state index contributed by atoms with van der Waals surface area (Å²) in [5, 5.41) is 6.41. The molecule has 4 rings (SSSR count). The fraction of sp³-hybridized carbons (Fsp3) is 0.609. The largest absolute Gasteiger partial charge is 0.368 e. The number of carbonyl (C=O) groups is 2. The lowest BCUT2D eigenvalue weighted by Crippen LogP contribution is -2.55. The van der Waals surface area contributed by atoms with Gasteiger partial charge in [0.2, 0.25) is 0 Å². The summed E-state index contributed by atoms with van der Waals surface area (Å²) in [5.74, 6) is 0.943. The molecule has 3 saturated heterocycles. The van der Waals surface area contributed by atoms with Crippen LogP contribution in [0.2, 0.25) is 0 Å². The molecular formula is C23H35IN6O3. The minimum atomic E-state index is -0.253. The maximum atomic E-state index is 12.6. The summed E-state index contributed by atoms with van der Waals surface area (Å²) in [6.07, 6.45) is 3.70. The molecule has 0 aliphatic carbocycles. The fourth-order valence-corrected chi connectivity index (χ4v) is 4.51. The van der Waals surface area contributed by atoms with Crippen LogP contribution in [0.1, 0.15) is 31.2 Å². The molecule has 2 N–H and O–H groups in total. The van der Waals surface area contributed by atoms with Crippen molar-refractivity contribution in [3.05, 3.63) is 29.8 Å². The zero-order valence-electron chi connectivity index (χ0n) is 19.3. The number of ether oxygens (including phenoxy) is 1. The van der Waals surface area contributed by atoms with Crippen molar-refractivity contribution < 1.29 is 14.3 Å². The molecule has 0 bridgehead atoms. The lowest BCUT2D eigenvalue weighted by Gasteiger charge is -2.37. The molecule has 0 aromatic heterocycles. The maximum absolute atomic E-state index is 12.6. The van der Waals surface area contributed by atoms with E-state index in [2.05, 4.69) is 20.5 Å². The zero-order chi connectivity index (χ0) is 22.3. The summed E-state index contributed by atoms with van der Waals surface area (Å²) in [7, 11) is 1.78. The van der Waals surface area contributed by atoms with Crippen LogP contribution in [0.3, 0.4) is 0 Å². The van der Waals surface area contributed by atoms with Gasteiger partial charge in [-0.05, 0) is 43.4 Å². The molecule has 3 amide bonds. The van der Waals surface area contributed by atoms with Crippen molar-refractivity contribution in [3.8, 4) is 0 Å². The number of anilines is 1. The predicted octanol–water partition coefficient (Wildman–Crippen LogP) is 2.33. The second kappa shape index (κ2) is 12.4. The number of hydrogen-bond donors (Lipinski definition) is 2. The van der Waals surface area contributed by atoms with Crippen molar-refractivity contribution in [2.24, 2.45) is 4.99 Å². The number of piperazine rings is 1. The average Bonchev–Trinajstić information content (AvgIpc) is 3.54. The molecule has 0 radical (unpaired) electrons. The summed E-state index contributed by atoms with van der Waals surface area (Å²) in [4.78, 5) is 35.3. The quantitative estimate of drug-likeness (QED) is 0.330. The third-order valence-electron chi connectivity index (χ3n) is 6.33. The molecule has 33 heavy (non-hydrogen) atoms. The normalized spacial score (nSPS) is 21.1. The monoisotopic (exact) mass is 570 g/mol. The number of guanidine groups is 1. The molecule has 9 nitrogen and oxygen atoms in total. The van der Waals surface area contributed by atoms with E-state index in [0.717, 1.165) is 69.1 Å². The van der Waals surface area contributed by atoms with Crippen molar-refractivity contribution >= 4 is 47.6 Å². The minimum Gasteiger partial charge on any atom is -0.368 e. The fourth-order valence-electron chi connectivity index (χ4n) is 4.51. The number of halogens is 1. The van der Waals surface area contributed by atoms with Crippen LogP contribution in [0.4, 0.5) is 10.5 Å². The van der Waals surface area contributed by atoms with Crippen LogP contribution in [0.15, 0.2) is 29.3 Å². The van der Waals surface area contributed by atoms with Crippen LogP contribution in [-0.4, -0.2) is 91.6 Å². The van der Waals surface area contributed by atoms with E-state index in [-0.39, 0.29) is 42.0 Å². The van der Waals surface area contributed by atoms with E-state index >= 15 is 0 Å². The second-order valence-corrected chi connectivity index (χ2v) is 8.54. The standard InChI is InChI=1S/C23H34N6O3.HI/c1-24-22(28-13-11-27(12-14-28)21(30)20-8-5-15-32-20)25-17-18-6-4-7-19(16-18)26-23(31)29-9-2-3-10-29;/h4,6-7,16,20H,2-3,5,8-15,17H2,1H3,(H,24,25)(H,26,31);1H.